The summed E-state index contributed by atoms with van der Waals surface area (Å²) in [5.74, 6) is 5.94. The van der Waals surface area contributed by atoms with E-state index in [-0.39, 0.29) is 5.91 Å². The van der Waals surface area contributed by atoms with E-state index in [0.717, 1.165) is 19.5 Å². The van der Waals surface area contributed by atoms with Crippen LogP contribution in [-0.4, -0.2) is 47.5 Å². The van der Waals surface area contributed by atoms with E-state index >= 15 is 0 Å². The summed E-state index contributed by atoms with van der Waals surface area (Å²) >= 11 is 0. The summed E-state index contributed by atoms with van der Waals surface area (Å²) in [6.45, 7) is 2.81. The minimum atomic E-state index is -0.194. The van der Waals surface area contributed by atoms with Crippen LogP contribution in [0.1, 0.15) is 16.9 Å². The predicted octanol–water partition coefficient (Wildman–Crippen LogP) is -0.556. The molecule has 7 heteroatoms. The fraction of sp³-hybridized carbons (Fsp3) is 0.545. The molecule has 98 valence electrons. The van der Waals surface area contributed by atoms with Gasteiger partial charge in [0.2, 0.25) is 0 Å². The van der Waals surface area contributed by atoms with Crippen LogP contribution in [0.3, 0.4) is 0 Å². The SMILES string of the molecule is CN1CCC(CNC(=O)c2cnc(NN)cn2)C1. The minimum Gasteiger partial charge on any atom is -0.350 e. The Hall–Kier alpha value is -1.73. The van der Waals surface area contributed by atoms with E-state index in [1.54, 1.807) is 0 Å². The molecule has 1 aromatic heterocycles. The summed E-state index contributed by atoms with van der Waals surface area (Å²) in [5.41, 5.74) is 2.67. The summed E-state index contributed by atoms with van der Waals surface area (Å²) in [6, 6.07) is 0. The second-order valence-corrected chi connectivity index (χ2v) is 4.56. The van der Waals surface area contributed by atoms with Gasteiger partial charge in [0, 0.05) is 13.1 Å². The molecule has 0 bridgehead atoms. The summed E-state index contributed by atoms with van der Waals surface area (Å²) in [7, 11) is 2.09. The highest BCUT2D eigenvalue weighted by atomic mass is 16.1. The van der Waals surface area contributed by atoms with Crippen LogP contribution in [0.2, 0.25) is 0 Å². The van der Waals surface area contributed by atoms with E-state index in [4.69, 9.17) is 5.84 Å². The van der Waals surface area contributed by atoms with Gasteiger partial charge in [-0.25, -0.2) is 15.8 Å². The fourth-order valence-corrected chi connectivity index (χ4v) is 2.04. The highest BCUT2D eigenvalue weighted by Gasteiger charge is 2.20. The molecule has 4 N–H and O–H groups in total. The van der Waals surface area contributed by atoms with Gasteiger partial charge in [0.15, 0.2) is 5.82 Å². The topological polar surface area (TPSA) is 96.2 Å². The molecule has 1 amide bonds. The molecule has 0 aliphatic carbocycles. The molecule has 1 atom stereocenters. The minimum absolute atomic E-state index is 0.194. The number of carbonyl (C=O) groups excluding carboxylic acids is 1. The van der Waals surface area contributed by atoms with Gasteiger partial charge >= 0.3 is 0 Å². The molecular formula is C11H18N6O. The number of anilines is 1. The fourth-order valence-electron chi connectivity index (χ4n) is 2.04. The van der Waals surface area contributed by atoms with Crippen LogP contribution in [0.25, 0.3) is 0 Å². The van der Waals surface area contributed by atoms with Crippen molar-refractivity contribution in [3.05, 3.63) is 18.1 Å². The molecule has 1 aromatic rings. The molecule has 1 aliphatic rings. The van der Waals surface area contributed by atoms with Crippen molar-refractivity contribution in [1.29, 1.82) is 0 Å². The Morgan fingerprint density at radius 1 is 1.56 bits per heavy atom. The Morgan fingerprint density at radius 2 is 2.39 bits per heavy atom. The molecular weight excluding hydrogens is 232 g/mol. The number of nitrogens with one attached hydrogen (secondary N) is 2. The second kappa shape index (κ2) is 5.74. The molecule has 1 aliphatic heterocycles. The second-order valence-electron chi connectivity index (χ2n) is 4.56. The number of aromatic nitrogens is 2. The highest BCUT2D eigenvalue weighted by Crippen LogP contribution is 2.12. The molecule has 18 heavy (non-hydrogen) atoms. The molecule has 1 unspecified atom stereocenters. The van der Waals surface area contributed by atoms with Gasteiger partial charge in [0.1, 0.15) is 5.69 Å². The average molecular weight is 250 g/mol. The molecule has 0 spiro atoms. The van der Waals surface area contributed by atoms with E-state index in [1.807, 2.05) is 0 Å². The van der Waals surface area contributed by atoms with Gasteiger partial charge in [0.05, 0.1) is 12.4 Å². The first-order valence-electron chi connectivity index (χ1n) is 5.94. The number of rotatable bonds is 4. The van der Waals surface area contributed by atoms with Crippen LogP contribution in [0.4, 0.5) is 5.82 Å². The van der Waals surface area contributed by atoms with Crippen LogP contribution in [0.15, 0.2) is 12.4 Å². The van der Waals surface area contributed by atoms with Gasteiger partial charge in [0.25, 0.3) is 5.91 Å². The quantitative estimate of drug-likeness (QED) is 0.490. The van der Waals surface area contributed by atoms with Gasteiger partial charge in [-0.05, 0) is 25.9 Å². The summed E-state index contributed by atoms with van der Waals surface area (Å²) in [4.78, 5) is 22.0. The average Bonchev–Trinajstić information content (AvgIpc) is 2.82. The zero-order valence-corrected chi connectivity index (χ0v) is 10.4. The molecule has 7 nitrogen and oxygen atoms in total. The Bertz CT molecular complexity index is 406. The normalized spacial score (nSPS) is 19.8. The van der Waals surface area contributed by atoms with Crippen LogP contribution in [0.5, 0.6) is 0 Å². The third kappa shape index (κ3) is 3.14. The lowest BCUT2D eigenvalue weighted by Crippen LogP contribution is -2.31. The first-order valence-corrected chi connectivity index (χ1v) is 5.94. The molecule has 2 rings (SSSR count). The maximum Gasteiger partial charge on any atom is 0.271 e. The van der Waals surface area contributed by atoms with E-state index in [0.29, 0.717) is 24.0 Å². The number of nitrogens with zero attached hydrogens (tertiary/aromatic N) is 3. The number of hydrogen-bond donors (Lipinski definition) is 3. The standard InChI is InChI=1S/C11H18N6O/c1-17-3-2-8(7-17)4-15-11(18)9-5-14-10(16-12)6-13-9/h5-6,8H,2-4,7,12H2,1H3,(H,14,16)(H,15,18). The summed E-state index contributed by atoms with van der Waals surface area (Å²) in [5, 5.41) is 2.88. The Kier molecular flexibility index (Phi) is 4.06. The van der Waals surface area contributed by atoms with Crippen LogP contribution < -0.4 is 16.6 Å². The van der Waals surface area contributed by atoms with Crippen LogP contribution >= 0.6 is 0 Å². The number of carbonyl (C=O) groups is 1. The van der Waals surface area contributed by atoms with Crippen molar-refractivity contribution >= 4 is 11.7 Å². The van der Waals surface area contributed by atoms with Gasteiger partial charge in [-0.15, -0.1) is 0 Å². The third-order valence-electron chi connectivity index (χ3n) is 3.07. The maximum atomic E-state index is 11.8. The van der Waals surface area contributed by atoms with E-state index in [1.165, 1.54) is 12.4 Å². The van der Waals surface area contributed by atoms with Gasteiger partial charge in [-0.1, -0.05) is 0 Å². The first kappa shape index (κ1) is 12.7. The molecule has 1 fully saturated rings. The zero-order valence-electron chi connectivity index (χ0n) is 10.4. The van der Waals surface area contributed by atoms with Gasteiger partial charge < -0.3 is 15.6 Å². The van der Waals surface area contributed by atoms with Crippen LogP contribution in [-0.2, 0) is 0 Å². The largest absolute Gasteiger partial charge is 0.350 e. The Morgan fingerprint density at radius 3 is 2.94 bits per heavy atom. The smallest absolute Gasteiger partial charge is 0.271 e. The summed E-state index contributed by atoms with van der Waals surface area (Å²) < 4.78 is 0. The number of hydrazine groups is 1. The monoisotopic (exact) mass is 250 g/mol. The number of nitrogens with two attached hydrogens (primary N) is 1. The van der Waals surface area contributed by atoms with E-state index in [9.17, 15) is 4.79 Å². The lowest BCUT2D eigenvalue weighted by molar-refractivity contribution is 0.0942. The van der Waals surface area contributed by atoms with Crippen molar-refractivity contribution in [2.24, 2.45) is 11.8 Å². The number of hydrogen-bond acceptors (Lipinski definition) is 6. The highest BCUT2D eigenvalue weighted by molar-refractivity contribution is 5.91. The number of amides is 1. The molecule has 0 saturated carbocycles. The molecule has 1 saturated heterocycles. The predicted molar refractivity (Wildman–Crippen MR) is 67.8 cm³/mol. The van der Waals surface area contributed by atoms with Crippen molar-refractivity contribution in [1.82, 2.24) is 20.2 Å². The number of nitrogen functional groups attached to an aromatic ring is 1. The summed E-state index contributed by atoms with van der Waals surface area (Å²) in [6.07, 6.45) is 3.96. The van der Waals surface area contributed by atoms with Crippen molar-refractivity contribution in [3.8, 4) is 0 Å². The third-order valence-corrected chi connectivity index (χ3v) is 3.07. The molecule has 0 aromatic carbocycles. The Balaban J connectivity index is 1.83. The molecule has 0 radical (unpaired) electrons. The van der Waals surface area contributed by atoms with Crippen molar-refractivity contribution in [2.45, 2.75) is 6.42 Å². The zero-order chi connectivity index (χ0) is 13.0. The number of likely N-dealkylation sites (tertiary alicyclic amines) is 1. The maximum absolute atomic E-state index is 11.8. The molecule has 2 heterocycles. The Labute approximate surface area is 106 Å². The van der Waals surface area contributed by atoms with Gasteiger partial charge in [-0.3, -0.25) is 4.79 Å². The van der Waals surface area contributed by atoms with Crippen molar-refractivity contribution in [3.63, 3.8) is 0 Å². The van der Waals surface area contributed by atoms with E-state index < -0.39 is 0 Å². The van der Waals surface area contributed by atoms with Crippen molar-refractivity contribution in [2.75, 3.05) is 32.1 Å². The van der Waals surface area contributed by atoms with Crippen LogP contribution in [0, 0.1) is 5.92 Å². The van der Waals surface area contributed by atoms with E-state index in [2.05, 4.69) is 32.7 Å². The lowest BCUT2D eigenvalue weighted by atomic mass is 10.1. The van der Waals surface area contributed by atoms with Gasteiger partial charge in [-0.2, -0.15) is 0 Å². The lowest BCUT2D eigenvalue weighted by Gasteiger charge is -2.11. The van der Waals surface area contributed by atoms with Crippen molar-refractivity contribution < 1.29 is 4.79 Å². The first-order chi connectivity index (χ1) is 8.69.